The molecule has 0 atom stereocenters. The minimum atomic E-state index is 0. The Labute approximate surface area is 330 Å². The van der Waals surface area contributed by atoms with Gasteiger partial charge in [-0.05, 0) is 135 Å². The van der Waals surface area contributed by atoms with E-state index in [4.69, 9.17) is 0 Å². The Morgan fingerprint density at radius 2 is 0.698 bits per heavy atom. The second-order valence-electron chi connectivity index (χ2n) is 12.9. The van der Waals surface area contributed by atoms with E-state index >= 15 is 0 Å². The molecule has 250 valence electrons. The molecule has 0 saturated heterocycles. The molecule has 8 bridgehead atoms. The summed E-state index contributed by atoms with van der Waals surface area (Å²) < 4.78 is 0. The van der Waals surface area contributed by atoms with Crippen LogP contribution in [0.15, 0.2) is 158 Å². The average molecular weight is 802 g/mol. The molecule has 5 aromatic carbocycles. The molecule has 8 aromatic rings. The van der Waals surface area contributed by atoms with E-state index in [1.807, 2.05) is 42.5 Å². The van der Waals surface area contributed by atoms with Crippen LogP contribution in [0.1, 0.15) is 33.9 Å². The Bertz CT molecular complexity index is 2570. The SMILES string of the molecule is C1=Cc2cc3ccc(cc4ccc(cc5nc(cc1n2)C=C5)[nH]4)[nH]3.[Si].[Sn].c1ccc2c(c1)Cc1ccccc1-2.c1ccc2cc3ccccc3cc2c1. The van der Waals surface area contributed by atoms with Gasteiger partial charge in [0.1, 0.15) is 0 Å². The maximum atomic E-state index is 4.62. The van der Waals surface area contributed by atoms with Crippen LogP contribution >= 0.6 is 0 Å². The molecule has 5 heterocycles. The van der Waals surface area contributed by atoms with Gasteiger partial charge in [-0.15, -0.1) is 0 Å². The maximum Gasteiger partial charge on any atom is 0.0659 e. The first-order valence-electron chi connectivity index (χ1n) is 17.3. The van der Waals surface area contributed by atoms with Crippen LogP contribution in [-0.4, -0.2) is 54.8 Å². The number of H-pyrrole nitrogens is 2. The number of nitrogens with zero attached hydrogens (tertiary/aromatic N) is 2. The minimum Gasteiger partial charge on any atom is -0.355 e. The predicted octanol–water partition coefficient (Wildman–Crippen LogP) is 11.1. The van der Waals surface area contributed by atoms with E-state index in [-0.39, 0.29) is 34.9 Å². The number of aromatic nitrogens is 4. The van der Waals surface area contributed by atoms with E-state index in [1.54, 1.807) is 0 Å². The standard InChI is InChI=1S/C20H14N4.C14H10.C13H10.Si.Sn/c1-2-14-10-16-5-6-18(23-16)12-20-8-7-19(24-20)11-17-4-3-15(22-17)9-13(1)21-14;1-2-6-12-10-14-8-4-3-7-13(14)9-11(12)5-1;1-3-7-12-10(5-1)9-11-6-2-4-8-13(11)12;;/h1-12,21-22H;1-10H;1-8H,9H2;;. The first-order valence-corrected chi connectivity index (χ1v) is 17.3. The van der Waals surface area contributed by atoms with E-state index in [1.165, 1.54) is 43.8 Å². The molecular weight excluding hydrogens is 767 g/mol. The topological polar surface area (TPSA) is 57.4 Å². The van der Waals surface area contributed by atoms with Gasteiger partial charge < -0.3 is 9.97 Å². The number of benzene rings is 5. The summed E-state index contributed by atoms with van der Waals surface area (Å²) in [5, 5.41) is 5.25. The van der Waals surface area contributed by atoms with E-state index in [9.17, 15) is 0 Å². The third-order valence-corrected chi connectivity index (χ3v) is 9.36. The molecule has 2 N–H and O–H groups in total. The Morgan fingerprint density at radius 3 is 1.11 bits per heavy atom. The van der Waals surface area contributed by atoms with Crippen molar-refractivity contribution in [3.05, 3.63) is 192 Å². The number of fused-ring (bicyclic) bond motifs is 13. The molecular formula is C47H34N4SiSn. The Morgan fingerprint density at radius 1 is 0.358 bits per heavy atom. The van der Waals surface area contributed by atoms with Crippen molar-refractivity contribution < 1.29 is 0 Å². The molecule has 3 aromatic heterocycles. The molecule has 11 rings (SSSR count). The van der Waals surface area contributed by atoms with Gasteiger partial charge in [0.25, 0.3) is 0 Å². The van der Waals surface area contributed by atoms with Gasteiger partial charge in [0.15, 0.2) is 0 Å². The minimum absolute atomic E-state index is 0. The van der Waals surface area contributed by atoms with Crippen molar-refractivity contribution in [3.63, 3.8) is 0 Å². The summed E-state index contributed by atoms with van der Waals surface area (Å²) in [5.74, 6) is 0. The number of hydrogen-bond donors (Lipinski definition) is 2. The second kappa shape index (κ2) is 15.9. The zero-order valence-electron chi connectivity index (χ0n) is 28.9. The average Bonchev–Trinajstić information content (AvgIpc) is 4.02. The molecule has 1 aliphatic carbocycles. The normalized spacial score (nSPS) is 11.6. The van der Waals surface area contributed by atoms with Crippen molar-refractivity contribution in [2.75, 3.05) is 0 Å². The van der Waals surface area contributed by atoms with E-state index in [0.717, 1.165) is 51.3 Å². The van der Waals surface area contributed by atoms with Crippen LogP contribution in [-0.2, 0) is 6.42 Å². The summed E-state index contributed by atoms with van der Waals surface area (Å²) in [7, 11) is 0. The van der Waals surface area contributed by atoms with Crippen LogP contribution in [0.3, 0.4) is 0 Å². The second-order valence-corrected chi connectivity index (χ2v) is 12.9. The van der Waals surface area contributed by atoms with Gasteiger partial charge in [0.2, 0.25) is 0 Å². The summed E-state index contributed by atoms with van der Waals surface area (Å²) in [6.07, 6.45) is 9.15. The molecule has 0 saturated carbocycles. The predicted molar refractivity (Wildman–Crippen MR) is 227 cm³/mol. The zero-order chi connectivity index (χ0) is 34.0. The molecule has 0 amide bonds. The van der Waals surface area contributed by atoms with E-state index < -0.39 is 0 Å². The van der Waals surface area contributed by atoms with Gasteiger partial charge in [-0.3, -0.25) is 0 Å². The molecule has 4 nitrogen and oxygen atoms in total. The van der Waals surface area contributed by atoms with Crippen LogP contribution in [0, 0.1) is 0 Å². The number of hydrogen-bond acceptors (Lipinski definition) is 2. The van der Waals surface area contributed by atoms with Gasteiger partial charge in [-0.1, -0.05) is 97.1 Å². The Kier molecular flexibility index (Phi) is 10.7. The van der Waals surface area contributed by atoms with Gasteiger partial charge in [-0.2, -0.15) is 0 Å². The van der Waals surface area contributed by atoms with Crippen molar-refractivity contribution >= 4 is 103 Å². The summed E-state index contributed by atoms with van der Waals surface area (Å²) in [4.78, 5) is 16.0. The van der Waals surface area contributed by atoms with Crippen molar-refractivity contribution in [2.45, 2.75) is 6.42 Å². The zero-order valence-corrected chi connectivity index (χ0v) is 32.8. The number of aromatic amines is 2. The fraction of sp³-hybridized carbons (Fsp3) is 0.0213. The number of nitrogens with one attached hydrogen (secondary N) is 2. The van der Waals surface area contributed by atoms with Gasteiger partial charge >= 0.3 is 0 Å². The first-order chi connectivity index (χ1) is 25.2. The van der Waals surface area contributed by atoms with Crippen LogP contribution in [0.4, 0.5) is 0 Å². The largest absolute Gasteiger partial charge is 0.355 e. The summed E-state index contributed by atoms with van der Waals surface area (Å²) in [6, 6.07) is 55.1. The molecule has 6 heteroatoms. The molecule has 0 fully saturated rings. The van der Waals surface area contributed by atoms with Gasteiger partial charge in [0.05, 0.1) is 22.8 Å². The van der Waals surface area contributed by atoms with Crippen LogP contribution < -0.4 is 0 Å². The summed E-state index contributed by atoms with van der Waals surface area (Å²) in [6.45, 7) is 0. The van der Waals surface area contributed by atoms with Gasteiger partial charge in [-0.25, -0.2) is 9.97 Å². The van der Waals surface area contributed by atoms with Gasteiger partial charge in [0, 0.05) is 56.9 Å². The van der Waals surface area contributed by atoms with Crippen molar-refractivity contribution in [3.8, 4) is 11.1 Å². The smallest absolute Gasteiger partial charge is 0.0659 e. The molecule has 0 spiro atoms. The van der Waals surface area contributed by atoms with Crippen LogP contribution in [0.2, 0.25) is 0 Å². The summed E-state index contributed by atoms with van der Waals surface area (Å²) in [5.41, 5.74) is 13.6. The first kappa shape index (κ1) is 35.6. The van der Waals surface area contributed by atoms with Crippen LogP contribution in [0.25, 0.3) is 79.0 Å². The maximum absolute atomic E-state index is 4.62. The van der Waals surface area contributed by atoms with E-state index in [0.29, 0.717) is 0 Å². The van der Waals surface area contributed by atoms with Crippen molar-refractivity contribution in [2.24, 2.45) is 0 Å². The molecule has 53 heavy (non-hydrogen) atoms. The molecule has 8 radical (unpaired) electrons. The van der Waals surface area contributed by atoms with Crippen LogP contribution in [0.5, 0.6) is 0 Å². The number of rotatable bonds is 0. The Hall–Kier alpha value is -5.76. The molecule has 3 aliphatic rings. The van der Waals surface area contributed by atoms with Crippen molar-refractivity contribution in [1.29, 1.82) is 0 Å². The quantitative estimate of drug-likeness (QED) is 0.119. The third-order valence-electron chi connectivity index (χ3n) is 9.36. The third kappa shape index (κ3) is 8.02. The fourth-order valence-electron chi connectivity index (χ4n) is 6.91. The molecule has 2 aliphatic heterocycles. The molecule has 0 unspecified atom stereocenters. The Balaban J connectivity index is 0.000000129. The summed E-state index contributed by atoms with van der Waals surface area (Å²) >= 11 is 0. The monoisotopic (exact) mass is 802 g/mol. The fourth-order valence-corrected chi connectivity index (χ4v) is 6.91. The van der Waals surface area contributed by atoms with E-state index in [2.05, 4.69) is 159 Å². The van der Waals surface area contributed by atoms with Crippen molar-refractivity contribution in [1.82, 2.24) is 19.9 Å².